The number of anilines is 1. The molecule has 0 bridgehead atoms. The molecular formula is C11H14BrN5O. The summed E-state index contributed by atoms with van der Waals surface area (Å²) in [5, 5.41) is 9.23. The lowest BCUT2D eigenvalue weighted by molar-refractivity contribution is 0.226. The lowest BCUT2D eigenvalue weighted by Gasteiger charge is -2.13. The Balaban J connectivity index is 2.07. The van der Waals surface area contributed by atoms with Gasteiger partial charge in [0, 0.05) is 12.6 Å². The average Bonchev–Trinajstić information content (AvgIpc) is 2.93. The van der Waals surface area contributed by atoms with Crippen molar-refractivity contribution in [3.8, 4) is 0 Å². The van der Waals surface area contributed by atoms with E-state index in [1.165, 1.54) is 6.33 Å². The van der Waals surface area contributed by atoms with Gasteiger partial charge in [0.2, 0.25) is 0 Å². The van der Waals surface area contributed by atoms with Gasteiger partial charge in [0.15, 0.2) is 21.7 Å². The van der Waals surface area contributed by atoms with E-state index in [0.29, 0.717) is 23.3 Å². The van der Waals surface area contributed by atoms with Crippen LogP contribution in [0.1, 0.15) is 25.3 Å². The molecule has 0 aromatic carbocycles. The van der Waals surface area contributed by atoms with Crippen molar-refractivity contribution in [2.75, 3.05) is 12.3 Å². The molecular weight excluding hydrogens is 298 g/mol. The third kappa shape index (κ3) is 1.78. The van der Waals surface area contributed by atoms with Crippen LogP contribution in [0.4, 0.5) is 5.82 Å². The summed E-state index contributed by atoms with van der Waals surface area (Å²) in [4.78, 5) is 12.6. The van der Waals surface area contributed by atoms with Crippen LogP contribution in [-0.2, 0) is 0 Å². The van der Waals surface area contributed by atoms with Crippen LogP contribution in [0, 0.1) is 5.92 Å². The van der Waals surface area contributed by atoms with Gasteiger partial charge in [-0.2, -0.15) is 0 Å². The van der Waals surface area contributed by atoms with Gasteiger partial charge in [0.05, 0.1) is 0 Å². The van der Waals surface area contributed by atoms with Crippen molar-refractivity contribution in [1.82, 2.24) is 19.5 Å². The van der Waals surface area contributed by atoms with Gasteiger partial charge in [-0.15, -0.1) is 0 Å². The Morgan fingerprint density at radius 3 is 3.00 bits per heavy atom. The third-order valence-corrected chi connectivity index (χ3v) is 4.16. The molecule has 1 aliphatic rings. The van der Waals surface area contributed by atoms with Gasteiger partial charge >= 0.3 is 0 Å². The molecule has 3 N–H and O–H groups in total. The smallest absolute Gasteiger partial charge is 0.179 e. The molecule has 0 unspecified atom stereocenters. The molecule has 0 saturated heterocycles. The lowest BCUT2D eigenvalue weighted by atomic mass is 10.1. The van der Waals surface area contributed by atoms with E-state index in [0.717, 1.165) is 29.6 Å². The first-order valence-corrected chi connectivity index (χ1v) is 6.74. The molecule has 7 heteroatoms. The number of aliphatic hydroxyl groups excluding tert-OH is 1. The highest BCUT2D eigenvalue weighted by molar-refractivity contribution is 9.10. The summed E-state index contributed by atoms with van der Waals surface area (Å²) in [6, 6.07) is 0.316. The summed E-state index contributed by atoms with van der Waals surface area (Å²) < 4.78 is 2.79. The standard InChI is InChI=1S/C11H14BrN5O/c12-11-16-8-9(13)14-5-15-10(8)17(11)7-2-1-6(3-7)4-18/h5-7,18H,1-4H2,(H2,13,14,15)/t6-,7+/m1/s1. The number of halogens is 1. The Morgan fingerprint density at radius 1 is 1.44 bits per heavy atom. The van der Waals surface area contributed by atoms with E-state index in [2.05, 4.69) is 35.4 Å². The van der Waals surface area contributed by atoms with Crippen molar-refractivity contribution in [3.05, 3.63) is 11.1 Å². The molecule has 2 heterocycles. The van der Waals surface area contributed by atoms with E-state index in [-0.39, 0.29) is 6.61 Å². The fourth-order valence-electron chi connectivity index (χ4n) is 2.67. The second kappa shape index (κ2) is 4.47. The lowest BCUT2D eigenvalue weighted by Crippen LogP contribution is -2.08. The number of aromatic nitrogens is 4. The Hall–Kier alpha value is -1.21. The number of rotatable bonds is 2. The molecule has 0 amide bonds. The Morgan fingerprint density at radius 2 is 2.28 bits per heavy atom. The molecule has 18 heavy (non-hydrogen) atoms. The summed E-state index contributed by atoms with van der Waals surface area (Å²) >= 11 is 3.46. The highest BCUT2D eigenvalue weighted by Crippen LogP contribution is 2.38. The maximum absolute atomic E-state index is 9.23. The highest BCUT2D eigenvalue weighted by Gasteiger charge is 2.28. The monoisotopic (exact) mass is 311 g/mol. The van der Waals surface area contributed by atoms with Crippen LogP contribution in [0.5, 0.6) is 0 Å². The third-order valence-electron chi connectivity index (χ3n) is 3.60. The fourth-order valence-corrected chi connectivity index (χ4v) is 3.31. The van der Waals surface area contributed by atoms with Crippen molar-refractivity contribution < 1.29 is 5.11 Å². The van der Waals surface area contributed by atoms with Crippen molar-refractivity contribution >= 4 is 32.9 Å². The molecule has 3 rings (SSSR count). The van der Waals surface area contributed by atoms with Crippen LogP contribution in [-0.4, -0.2) is 31.2 Å². The predicted molar refractivity (Wildman–Crippen MR) is 70.9 cm³/mol. The molecule has 0 radical (unpaired) electrons. The normalized spacial score (nSPS) is 23.9. The first kappa shape index (κ1) is 11.9. The molecule has 0 spiro atoms. The second-order valence-electron chi connectivity index (χ2n) is 4.70. The average molecular weight is 312 g/mol. The van der Waals surface area contributed by atoms with Gasteiger partial charge in [0.1, 0.15) is 6.33 Å². The molecule has 2 atom stereocenters. The molecule has 1 fully saturated rings. The van der Waals surface area contributed by atoms with E-state index in [9.17, 15) is 5.11 Å². The van der Waals surface area contributed by atoms with E-state index >= 15 is 0 Å². The van der Waals surface area contributed by atoms with Crippen molar-refractivity contribution in [2.45, 2.75) is 25.3 Å². The minimum Gasteiger partial charge on any atom is -0.396 e. The molecule has 96 valence electrons. The van der Waals surface area contributed by atoms with E-state index in [1.54, 1.807) is 0 Å². The van der Waals surface area contributed by atoms with Gasteiger partial charge in [-0.25, -0.2) is 15.0 Å². The molecule has 2 aromatic rings. The minimum atomic E-state index is 0.248. The van der Waals surface area contributed by atoms with Crippen molar-refractivity contribution in [2.24, 2.45) is 5.92 Å². The quantitative estimate of drug-likeness (QED) is 0.820. The summed E-state index contributed by atoms with van der Waals surface area (Å²) in [7, 11) is 0. The molecule has 2 aromatic heterocycles. The number of nitrogen functional groups attached to an aromatic ring is 1. The molecule has 1 aliphatic carbocycles. The highest BCUT2D eigenvalue weighted by atomic mass is 79.9. The van der Waals surface area contributed by atoms with Gasteiger partial charge < -0.3 is 10.8 Å². The number of aliphatic hydroxyl groups is 1. The van der Waals surface area contributed by atoms with Crippen LogP contribution >= 0.6 is 15.9 Å². The van der Waals surface area contributed by atoms with Crippen LogP contribution in [0.3, 0.4) is 0 Å². The fraction of sp³-hybridized carbons (Fsp3) is 0.545. The van der Waals surface area contributed by atoms with Gasteiger partial charge in [-0.05, 0) is 41.1 Å². The molecule has 0 aliphatic heterocycles. The summed E-state index contributed by atoms with van der Waals surface area (Å²) in [5.41, 5.74) is 7.20. The van der Waals surface area contributed by atoms with Crippen LogP contribution in [0.15, 0.2) is 11.1 Å². The Bertz CT molecular complexity index is 584. The Labute approximate surface area is 112 Å². The largest absolute Gasteiger partial charge is 0.396 e. The van der Waals surface area contributed by atoms with Crippen LogP contribution < -0.4 is 5.73 Å². The first-order valence-electron chi connectivity index (χ1n) is 5.95. The van der Waals surface area contributed by atoms with E-state index in [1.807, 2.05) is 0 Å². The number of nitrogens with two attached hydrogens (primary N) is 1. The topological polar surface area (TPSA) is 89.9 Å². The predicted octanol–water partition coefficient (Wildman–Crippen LogP) is 1.50. The summed E-state index contributed by atoms with van der Waals surface area (Å²) in [5.74, 6) is 0.773. The van der Waals surface area contributed by atoms with E-state index < -0.39 is 0 Å². The number of fused-ring (bicyclic) bond motifs is 1. The molecule has 1 saturated carbocycles. The summed E-state index contributed by atoms with van der Waals surface area (Å²) in [6.07, 6.45) is 4.47. The van der Waals surface area contributed by atoms with Crippen LogP contribution in [0.2, 0.25) is 0 Å². The number of nitrogens with zero attached hydrogens (tertiary/aromatic N) is 4. The number of hydrogen-bond acceptors (Lipinski definition) is 5. The maximum atomic E-state index is 9.23. The number of imidazole rings is 1. The summed E-state index contributed by atoms with van der Waals surface area (Å²) in [6.45, 7) is 0.248. The second-order valence-corrected chi connectivity index (χ2v) is 5.41. The van der Waals surface area contributed by atoms with Crippen LogP contribution in [0.25, 0.3) is 11.2 Å². The first-order chi connectivity index (χ1) is 8.70. The van der Waals surface area contributed by atoms with Crippen molar-refractivity contribution in [3.63, 3.8) is 0 Å². The van der Waals surface area contributed by atoms with E-state index in [4.69, 9.17) is 5.73 Å². The Kier molecular flexibility index (Phi) is 2.95. The zero-order chi connectivity index (χ0) is 12.7. The molecule has 6 nitrogen and oxygen atoms in total. The zero-order valence-corrected chi connectivity index (χ0v) is 11.3. The van der Waals surface area contributed by atoms with Gasteiger partial charge in [0.25, 0.3) is 0 Å². The maximum Gasteiger partial charge on any atom is 0.179 e. The number of hydrogen-bond donors (Lipinski definition) is 2. The van der Waals surface area contributed by atoms with Crippen molar-refractivity contribution in [1.29, 1.82) is 0 Å². The SMILES string of the molecule is Nc1ncnc2c1nc(Br)n2[C@H]1CC[C@@H](CO)C1. The minimum absolute atomic E-state index is 0.248. The van der Waals surface area contributed by atoms with Gasteiger partial charge in [-0.3, -0.25) is 4.57 Å². The van der Waals surface area contributed by atoms with Gasteiger partial charge in [-0.1, -0.05) is 0 Å². The zero-order valence-electron chi connectivity index (χ0n) is 9.75.